The lowest BCUT2D eigenvalue weighted by Crippen LogP contribution is -2.02. The lowest BCUT2D eigenvalue weighted by atomic mass is 10.00. The van der Waals surface area contributed by atoms with Crippen LogP contribution in [0.1, 0.15) is 32.3 Å². The first-order valence-corrected chi connectivity index (χ1v) is 5.40. The van der Waals surface area contributed by atoms with E-state index in [1.807, 2.05) is 50.3 Å². The summed E-state index contributed by atoms with van der Waals surface area (Å²) in [6.45, 7) is 4.61. The molecular formula is C13H21N3O. The number of hydrogen-bond donors (Lipinski definition) is 1. The quantitative estimate of drug-likeness (QED) is 0.862. The molecule has 0 fully saturated rings. The van der Waals surface area contributed by atoms with E-state index in [1.54, 1.807) is 0 Å². The lowest BCUT2D eigenvalue weighted by molar-refractivity contribution is 0.824. The molecule has 0 saturated heterocycles. The Kier molecular flexibility index (Phi) is 11.0. The van der Waals surface area contributed by atoms with Crippen molar-refractivity contribution in [1.29, 1.82) is 10.5 Å². The maximum absolute atomic E-state index is 8.66. The van der Waals surface area contributed by atoms with E-state index in [0.717, 1.165) is 17.5 Å². The molecule has 0 heterocycles. The first-order valence-electron chi connectivity index (χ1n) is 5.40. The van der Waals surface area contributed by atoms with Crippen molar-refractivity contribution in [3.05, 3.63) is 35.4 Å². The Morgan fingerprint density at radius 3 is 2.00 bits per heavy atom. The highest BCUT2D eigenvalue weighted by Gasteiger charge is 2.07. The van der Waals surface area contributed by atoms with Crippen molar-refractivity contribution in [1.82, 2.24) is 0 Å². The van der Waals surface area contributed by atoms with Gasteiger partial charge in [-0.3, -0.25) is 0 Å². The predicted octanol–water partition coefficient (Wildman–Crippen LogP) is 1.77. The van der Waals surface area contributed by atoms with Crippen molar-refractivity contribution in [3.8, 4) is 12.1 Å². The van der Waals surface area contributed by atoms with E-state index >= 15 is 0 Å². The number of nitrogens with two attached hydrogens (primary N) is 1. The second-order valence-corrected chi connectivity index (χ2v) is 2.97. The average Bonchev–Trinajstić information content (AvgIpc) is 2.36. The number of nitrogens with zero attached hydrogens (tertiary/aromatic N) is 2. The van der Waals surface area contributed by atoms with E-state index in [1.165, 1.54) is 0 Å². The van der Waals surface area contributed by atoms with Crippen LogP contribution in [0.25, 0.3) is 0 Å². The SMILES string of the molecule is CC.N#CC(C#N)c1ccc(CCN)cc1.O.[HH]. The summed E-state index contributed by atoms with van der Waals surface area (Å²) in [6, 6.07) is 11.3. The van der Waals surface area contributed by atoms with Gasteiger partial charge in [0.15, 0.2) is 5.92 Å². The van der Waals surface area contributed by atoms with Crippen molar-refractivity contribution < 1.29 is 6.90 Å². The molecular weight excluding hydrogens is 214 g/mol. The Hall–Kier alpha value is -1.88. The van der Waals surface area contributed by atoms with Crippen LogP contribution in [0.3, 0.4) is 0 Å². The van der Waals surface area contributed by atoms with Gasteiger partial charge in [0.1, 0.15) is 0 Å². The Morgan fingerprint density at radius 2 is 1.65 bits per heavy atom. The minimum absolute atomic E-state index is 0. The first-order chi connectivity index (χ1) is 7.81. The number of rotatable bonds is 3. The smallest absolute Gasteiger partial charge is 0.158 e. The Labute approximate surface area is 104 Å². The van der Waals surface area contributed by atoms with Crippen molar-refractivity contribution in [2.45, 2.75) is 26.2 Å². The molecule has 1 rings (SSSR count). The predicted molar refractivity (Wildman–Crippen MR) is 70.2 cm³/mol. The van der Waals surface area contributed by atoms with Gasteiger partial charge in [0, 0.05) is 1.43 Å². The van der Waals surface area contributed by atoms with Crippen LogP contribution in [0.5, 0.6) is 0 Å². The molecule has 4 N–H and O–H groups in total. The van der Waals surface area contributed by atoms with E-state index in [2.05, 4.69) is 0 Å². The van der Waals surface area contributed by atoms with E-state index in [9.17, 15) is 0 Å². The van der Waals surface area contributed by atoms with Crippen molar-refractivity contribution in [2.75, 3.05) is 6.54 Å². The molecule has 0 bridgehead atoms. The third-order valence-electron chi connectivity index (χ3n) is 2.00. The molecule has 4 nitrogen and oxygen atoms in total. The summed E-state index contributed by atoms with van der Waals surface area (Å²) in [6.07, 6.45) is 0.823. The Balaban J connectivity index is -0.000000534. The highest BCUT2D eigenvalue weighted by molar-refractivity contribution is 5.33. The van der Waals surface area contributed by atoms with E-state index in [4.69, 9.17) is 16.3 Å². The van der Waals surface area contributed by atoms with Crippen molar-refractivity contribution in [3.63, 3.8) is 0 Å². The molecule has 0 amide bonds. The normalized spacial score (nSPS) is 8.12. The summed E-state index contributed by atoms with van der Waals surface area (Å²) in [5.41, 5.74) is 7.28. The van der Waals surface area contributed by atoms with Gasteiger partial charge in [-0.1, -0.05) is 38.1 Å². The highest BCUT2D eigenvalue weighted by Crippen LogP contribution is 2.14. The summed E-state index contributed by atoms with van der Waals surface area (Å²) in [4.78, 5) is 0. The van der Waals surface area contributed by atoms with Crippen molar-refractivity contribution in [2.24, 2.45) is 5.73 Å². The zero-order valence-corrected chi connectivity index (χ0v) is 10.3. The van der Waals surface area contributed by atoms with Gasteiger partial charge in [-0.05, 0) is 24.1 Å². The summed E-state index contributed by atoms with van der Waals surface area (Å²) < 4.78 is 0. The Bertz CT molecular complexity index is 365. The summed E-state index contributed by atoms with van der Waals surface area (Å²) in [5, 5.41) is 17.3. The lowest BCUT2D eigenvalue weighted by Gasteiger charge is -2.02. The number of nitriles is 2. The third-order valence-corrected chi connectivity index (χ3v) is 2.00. The molecule has 94 valence electrons. The second kappa shape index (κ2) is 10.6. The van der Waals surface area contributed by atoms with Crippen LogP contribution >= 0.6 is 0 Å². The molecule has 4 heteroatoms. The summed E-state index contributed by atoms with van der Waals surface area (Å²) in [7, 11) is 0. The molecule has 0 unspecified atom stereocenters. The fourth-order valence-corrected chi connectivity index (χ4v) is 1.22. The standard InChI is InChI=1S/C11H11N3.C2H6.H2O.H2/c12-6-5-9-1-3-10(4-2-9)11(7-13)8-14;1-2;;/h1-4,11H,5-6,12H2;1-2H3;1H2;1H. The molecule has 0 aliphatic heterocycles. The van der Waals surface area contributed by atoms with Gasteiger partial charge in [-0.25, -0.2) is 0 Å². The molecule has 0 aliphatic rings. The maximum Gasteiger partial charge on any atom is 0.158 e. The molecule has 0 radical (unpaired) electrons. The molecule has 1 aromatic carbocycles. The minimum Gasteiger partial charge on any atom is -0.412 e. The number of hydrogen-bond acceptors (Lipinski definition) is 3. The summed E-state index contributed by atoms with van der Waals surface area (Å²) in [5.74, 6) is -0.665. The van der Waals surface area contributed by atoms with Crippen molar-refractivity contribution >= 4 is 0 Å². The molecule has 1 aromatic rings. The van der Waals surface area contributed by atoms with Crippen LogP contribution in [0.4, 0.5) is 0 Å². The molecule has 0 spiro atoms. The van der Waals surface area contributed by atoms with Gasteiger partial charge in [-0.15, -0.1) is 0 Å². The molecule has 0 aromatic heterocycles. The third kappa shape index (κ3) is 5.67. The second-order valence-electron chi connectivity index (χ2n) is 2.97. The van der Waals surface area contributed by atoms with Gasteiger partial charge in [0.25, 0.3) is 0 Å². The fourth-order valence-electron chi connectivity index (χ4n) is 1.22. The van der Waals surface area contributed by atoms with Crippen LogP contribution in [0, 0.1) is 22.7 Å². The van der Waals surface area contributed by atoms with Gasteiger partial charge < -0.3 is 11.2 Å². The van der Waals surface area contributed by atoms with Crippen LogP contribution < -0.4 is 5.73 Å². The molecule has 0 saturated carbocycles. The zero-order chi connectivity index (χ0) is 12.4. The summed E-state index contributed by atoms with van der Waals surface area (Å²) >= 11 is 0. The minimum atomic E-state index is -0.665. The molecule has 0 aliphatic carbocycles. The van der Waals surface area contributed by atoms with E-state index in [0.29, 0.717) is 6.54 Å². The number of benzene rings is 1. The largest absolute Gasteiger partial charge is 0.412 e. The van der Waals surface area contributed by atoms with Crippen LogP contribution in [0.2, 0.25) is 0 Å². The highest BCUT2D eigenvalue weighted by atomic mass is 16.0. The average molecular weight is 235 g/mol. The van der Waals surface area contributed by atoms with Gasteiger partial charge >= 0.3 is 0 Å². The zero-order valence-electron chi connectivity index (χ0n) is 10.3. The fraction of sp³-hybridized carbons (Fsp3) is 0.385. The molecule has 0 atom stereocenters. The van der Waals surface area contributed by atoms with Gasteiger partial charge in [0.05, 0.1) is 12.1 Å². The van der Waals surface area contributed by atoms with Gasteiger partial charge in [-0.2, -0.15) is 10.5 Å². The topological polar surface area (TPSA) is 105 Å². The van der Waals surface area contributed by atoms with Crippen LogP contribution in [-0.2, 0) is 6.42 Å². The molecule has 17 heavy (non-hydrogen) atoms. The van der Waals surface area contributed by atoms with Crippen LogP contribution in [0.15, 0.2) is 24.3 Å². The Morgan fingerprint density at radius 1 is 1.18 bits per heavy atom. The monoisotopic (exact) mass is 235 g/mol. The van der Waals surface area contributed by atoms with Crippen LogP contribution in [-0.4, -0.2) is 12.0 Å². The first kappa shape index (κ1) is 17.5. The van der Waals surface area contributed by atoms with E-state index in [-0.39, 0.29) is 6.90 Å². The van der Waals surface area contributed by atoms with E-state index < -0.39 is 5.92 Å². The van der Waals surface area contributed by atoms with Gasteiger partial charge in [0.2, 0.25) is 0 Å². The maximum atomic E-state index is 8.66.